The maximum absolute atomic E-state index is 13.9. The Morgan fingerprint density at radius 2 is 1.86 bits per heavy atom. The van der Waals surface area contributed by atoms with Crippen molar-refractivity contribution in [1.29, 1.82) is 0 Å². The number of rotatable bonds is 3. The van der Waals surface area contributed by atoms with Crippen molar-refractivity contribution in [3.63, 3.8) is 0 Å². The third kappa shape index (κ3) is 3.29. The third-order valence-electron chi connectivity index (χ3n) is 6.82. The van der Waals surface area contributed by atoms with Gasteiger partial charge >= 0.3 is 5.97 Å². The zero-order valence-corrected chi connectivity index (χ0v) is 20.6. The molecule has 0 fully saturated rings. The summed E-state index contributed by atoms with van der Waals surface area (Å²) in [6.45, 7) is 5.71. The van der Waals surface area contributed by atoms with E-state index in [1.807, 2.05) is 32.0 Å². The van der Waals surface area contributed by atoms with E-state index >= 15 is 0 Å². The minimum atomic E-state index is -1.74. The van der Waals surface area contributed by atoms with Gasteiger partial charge in [0.05, 0.1) is 6.61 Å². The molecule has 1 atom stereocenters. The molecule has 180 valence electrons. The van der Waals surface area contributed by atoms with Crippen LogP contribution in [-0.2, 0) is 24.5 Å². The fraction of sp³-hybridized carbons (Fsp3) is 0.296. The van der Waals surface area contributed by atoms with E-state index in [4.69, 9.17) is 22.1 Å². The quantitative estimate of drug-likeness (QED) is 0.617. The van der Waals surface area contributed by atoms with Crippen LogP contribution in [0.5, 0.6) is 0 Å². The van der Waals surface area contributed by atoms with Gasteiger partial charge in [-0.25, -0.2) is 4.79 Å². The summed E-state index contributed by atoms with van der Waals surface area (Å²) >= 11 is 6.36. The Morgan fingerprint density at radius 1 is 1.14 bits per heavy atom. The normalized spacial score (nSPS) is 21.3. The van der Waals surface area contributed by atoms with Gasteiger partial charge in [-0.05, 0) is 75.1 Å². The number of benzene rings is 2. The highest BCUT2D eigenvalue weighted by Gasteiger charge is 2.62. The van der Waals surface area contributed by atoms with Gasteiger partial charge in [0.25, 0.3) is 0 Å². The molecule has 3 aliphatic rings. The number of nitrogens with two attached hydrogens (primary N) is 1. The van der Waals surface area contributed by atoms with Crippen molar-refractivity contribution in [3.05, 3.63) is 80.8 Å². The summed E-state index contributed by atoms with van der Waals surface area (Å²) in [4.78, 5) is 42.9. The molecule has 35 heavy (non-hydrogen) atoms. The van der Waals surface area contributed by atoms with Crippen LogP contribution in [0.3, 0.4) is 0 Å². The number of Topliss-reactive ketones (excluding diaryl/α,β-unsaturated/α-hetero) is 1. The van der Waals surface area contributed by atoms with E-state index in [2.05, 4.69) is 5.32 Å². The summed E-state index contributed by atoms with van der Waals surface area (Å²) in [6, 6.07) is 10.9. The van der Waals surface area contributed by atoms with Crippen LogP contribution in [0.25, 0.3) is 0 Å². The molecule has 2 aromatic rings. The molecule has 2 aliphatic heterocycles. The number of ether oxygens (including phenoxy) is 1. The number of nitrogens with one attached hydrogen (secondary N) is 1. The molecule has 0 saturated carbocycles. The number of esters is 1. The monoisotopic (exact) mass is 491 g/mol. The van der Waals surface area contributed by atoms with Gasteiger partial charge in [0.15, 0.2) is 5.78 Å². The first kappa shape index (κ1) is 23.2. The summed E-state index contributed by atoms with van der Waals surface area (Å²) < 4.78 is 5.43. The number of allylic oxidation sites excluding steroid dienone is 1. The van der Waals surface area contributed by atoms with Gasteiger partial charge in [-0.3, -0.25) is 14.5 Å². The Kier molecular flexibility index (Phi) is 5.48. The highest BCUT2D eigenvalue weighted by Crippen LogP contribution is 2.56. The molecule has 8 heteroatoms. The van der Waals surface area contributed by atoms with E-state index in [1.165, 1.54) is 0 Å². The van der Waals surface area contributed by atoms with Gasteiger partial charge in [0.2, 0.25) is 5.91 Å². The Bertz CT molecular complexity index is 1360. The minimum absolute atomic E-state index is 0.0639. The molecule has 0 saturated heterocycles. The molecule has 1 aliphatic carbocycles. The number of amides is 1. The lowest BCUT2D eigenvalue weighted by atomic mass is 9.63. The van der Waals surface area contributed by atoms with Crippen LogP contribution in [0.15, 0.2) is 59.1 Å². The van der Waals surface area contributed by atoms with Crippen molar-refractivity contribution in [1.82, 2.24) is 0 Å². The fourth-order valence-corrected chi connectivity index (χ4v) is 5.83. The molecule has 1 unspecified atom stereocenters. The first-order valence-electron chi connectivity index (χ1n) is 11.6. The van der Waals surface area contributed by atoms with Crippen LogP contribution in [-0.4, -0.2) is 24.3 Å². The lowest BCUT2D eigenvalue weighted by Crippen LogP contribution is -2.53. The number of ketones is 1. The maximum Gasteiger partial charge on any atom is 0.339 e. The second-order valence-corrected chi connectivity index (χ2v) is 9.59. The predicted molar refractivity (Wildman–Crippen MR) is 134 cm³/mol. The zero-order chi connectivity index (χ0) is 25.1. The molecule has 0 radical (unpaired) electrons. The van der Waals surface area contributed by atoms with E-state index < -0.39 is 17.3 Å². The van der Waals surface area contributed by atoms with Gasteiger partial charge < -0.3 is 15.8 Å². The topological polar surface area (TPSA) is 102 Å². The van der Waals surface area contributed by atoms with Gasteiger partial charge in [-0.15, -0.1) is 0 Å². The van der Waals surface area contributed by atoms with Crippen LogP contribution in [0.2, 0.25) is 5.02 Å². The van der Waals surface area contributed by atoms with Crippen molar-refractivity contribution in [2.75, 3.05) is 16.8 Å². The highest BCUT2D eigenvalue weighted by molar-refractivity contribution is 6.31. The Hall–Kier alpha value is -3.58. The molecule has 0 bridgehead atoms. The lowest BCUT2D eigenvalue weighted by Gasteiger charge is -2.44. The standard InChI is InChI=1S/C27H26ClN3O4/c1-4-35-25(33)23-24(29)31(17-11-14(2)10-15(3)12-17)20-6-5-7-21(32)22(20)27(23)18-13-16(28)8-9-19(18)30-26(27)34/h8-13H,4-7,29H2,1-3H3,(H,30,34). The van der Waals surface area contributed by atoms with E-state index in [1.54, 1.807) is 30.0 Å². The largest absolute Gasteiger partial charge is 0.462 e. The second-order valence-electron chi connectivity index (χ2n) is 9.15. The SMILES string of the molecule is CCOC(=O)C1=C(N)N(c2cc(C)cc(C)c2)C2=C(C(=O)CCC2)C12C(=O)Nc1ccc(Cl)cc12. The van der Waals surface area contributed by atoms with Crippen molar-refractivity contribution in [2.45, 2.75) is 45.4 Å². The smallest absolute Gasteiger partial charge is 0.339 e. The lowest BCUT2D eigenvalue weighted by molar-refractivity contribution is -0.140. The molecular formula is C27H26ClN3O4. The van der Waals surface area contributed by atoms with Crippen LogP contribution in [0.4, 0.5) is 11.4 Å². The Morgan fingerprint density at radius 3 is 2.54 bits per heavy atom. The number of hydrogen-bond acceptors (Lipinski definition) is 6. The summed E-state index contributed by atoms with van der Waals surface area (Å²) in [5, 5.41) is 3.24. The van der Waals surface area contributed by atoms with Crippen LogP contribution in [0, 0.1) is 13.8 Å². The van der Waals surface area contributed by atoms with Gasteiger partial charge in [0.1, 0.15) is 16.8 Å². The number of fused-ring (bicyclic) bond motifs is 3. The molecular weight excluding hydrogens is 466 g/mol. The maximum atomic E-state index is 13.9. The number of halogens is 1. The number of anilines is 2. The molecule has 7 nitrogen and oxygen atoms in total. The minimum Gasteiger partial charge on any atom is -0.462 e. The highest BCUT2D eigenvalue weighted by atomic mass is 35.5. The second kappa shape index (κ2) is 8.27. The Labute approximate surface area is 208 Å². The number of carbonyl (C=O) groups excluding carboxylic acids is 3. The van der Waals surface area contributed by atoms with Gasteiger partial charge in [-0.1, -0.05) is 17.7 Å². The molecule has 1 amide bonds. The summed E-state index contributed by atoms with van der Waals surface area (Å²) in [5.41, 5.74) is 9.54. The summed E-state index contributed by atoms with van der Waals surface area (Å²) in [6.07, 6.45) is 1.40. The van der Waals surface area contributed by atoms with Crippen molar-refractivity contribution < 1.29 is 19.1 Å². The van der Waals surface area contributed by atoms with Gasteiger partial charge in [0, 0.05) is 39.7 Å². The Balaban J connectivity index is 1.91. The van der Waals surface area contributed by atoms with Crippen LogP contribution < -0.4 is 16.0 Å². The summed E-state index contributed by atoms with van der Waals surface area (Å²) in [5.74, 6) is -1.38. The zero-order valence-electron chi connectivity index (χ0n) is 19.8. The molecule has 2 aromatic carbocycles. The van der Waals surface area contributed by atoms with E-state index in [0.29, 0.717) is 34.8 Å². The van der Waals surface area contributed by atoms with Crippen molar-refractivity contribution in [2.24, 2.45) is 5.73 Å². The van der Waals surface area contributed by atoms with E-state index in [-0.39, 0.29) is 35.8 Å². The fourth-order valence-electron chi connectivity index (χ4n) is 5.66. The van der Waals surface area contributed by atoms with E-state index in [0.717, 1.165) is 16.8 Å². The van der Waals surface area contributed by atoms with E-state index in [9.17, 15) is 14.4 Å². The molecule has 0 aromatic heterocycles. The van der Waals surface area contributed by atoms with Crippen molar-refractivity contribution >= 4 is 40.6 Å². The van der Waals surface area contributed by atoms with Crippen LogP contribution >= 0.6 is 11.6 Å². The third-order valence-corrected chi connectivity index (χ3v) is 7.06. The molecule has 1 spiro atoms. The predicted octanol–water partition coefficient (Wildman–Crippen LogP) is 4.41. The molecule has 3 N–H and O–H groups in total. The number of carbonyl (C=O) groups is 3. The van der Waals surface area contributed by atoms with Gasteiger partial charge in [-0.2, -0.15) is 0 Å². The first-order valence-corrected chi connectivity index (χ1v) is 12.0. The number of hydrogen-bond donors (Lipinski definition) is 2. The molecule has 2 heterocycles. The van der Waals surface area contributed by atoms with Crippen molar-refractivity contribution in [3.8, 4) is 0 Å². The van der Waals surface area contributed by atoms with Crippen LogP contribution in [0.1, 0.15) is 42.9 Å². The first-order chi connectivity index (χ1) is 16.7. The summed E-state index contributed by atoms with van der Waals surface area (Å²) in [7, 11) is 0. The average Bonchev–Trinajstić information content (AvgIpc) is 3.05. The molecule has 5 rings (SSSR count). The average molecular weight is 492 g/mol. The number of aryl methyl sites for hydroxylation is 2. The number of nitrogens with zero attached hydrogens (tertiary/aromatic N) is 1.